The van der Waals surface area contributed by atoms with Crippen LogP contribution in [-0.2, 0) is 31.5 Å². The average Bonchev–Trinajstić information content (AvgIpc) is 2.90. The highest BCUT2D eigenvalue weighted by Crippen LogP contribution is 2.12. The highest BCUT2D eigenvalue weighted by molar-refractivity contribution is 5.77. The summed E-state index contributed by atoms with van der Waals surface area (Å²) in [5, 5.41) is 2.98. The van der Waals surface area contributed by atoms with Crippen molar-refractivity contribution in [3.05, 3.63) is 70.1 Å². The number of hydrogen-bond donors (Lipinski definition) is 1. The van der Waals surface area contributed by atoms with E-state index in [4.69, 9.17) is 0 Å². The monoisotopic (exact) mass is 366 g/mol. The summed E-state index contributed by atoms with van der Waals surface area (Å²) in [4.78, 5) is 26.9. The molecule has 0 saturated heterocycles. The van der Waals surface area contributed by atoms with Crippen LogP contribution in [0.1, 0.15) is 17.5 Å². The molecule has 27 heavy (non-hydrogen) atoms. The number of para-hydroxylation sites is 2. The molecule has 1 aromatic heterocycles. The summed E-state index contributed by atoms with van der Waals surface area (Å²) in [5.74, 6) is -0.0607. The second-order valence-corrected chi connectivity index (χ2v) is 7.02. The molecule has 0 unspecified atom stereocenters. The molecule has 0 saturated carbocycles. The topological polar surface area (TPSA) is 59.3 Å². The number of benzene rings is 2. The van der Waals surface area contributed by atoms with Crippen molar-refractivity contribution < 1.29 is 4.79 Å². The summed E-state index contributed by atoms with van der Waals surface area (Å²) in [5.41, 5.74) is 3.95. The standard InChI is InChI=1S/C21H26N4O2/c1-23(2)15-17-9-5-4-8-16(17)14-22-20(26)12-13-25-19-11-7-6-10-18(19)24(3)21(25)27/h4-11H,12-15H2,1-3H3,(H,22,26). The largest absolute Gasteiger partial charge is 0.352 e. The van der Waals surface area contributed by atoms with Crippen molar-refractivity contribution in [3.8, 4) is 0 Å². The number of carbonyl (C=O) groups is 1. The molecule has 142 valence electrons. The minimum Gasteiger partial charge on any atom is -0.352 e. The van der Waals surface area contributed by atoms with Crippen LogP contribution in [0.3, 0.4) is 0 Å². The first kappa shape index (κ1) is 18.9. The summed E-state index contributed by atoms with van der Waals surface area (Å²) in [6.45, 7) is 1.69. The third-order valence-electron chi connectivity index (χ3n) is 4.70. The Kier molecular flexibility index (Phi) is 5.76. The van der Waals surface area contributed by atoms with Crippen LogP contribution < -0.4 is 11.0 Å². The molecule has 0 fully saturated rings. The summed E-state index contributed by atoms with van der Waals surface area (Å²) in [6.07, 6.45) is 0.268. The van der Waals surface area contributed by atoms with Crippen molar-refractivity contribution in [2.75, 3.05) is 14.1 Å². The van der Waals surface area contributed by atoms with Crippen LogP contribution in [0.5, 0.6) is 0 Å². The zero-order valence-electron chi connectivity index (χ0n) is 16.1. The third-order valence-corrected chi connectivity index (χ3v) is 4.70. The van der Waals surface area contributed by atoms with Crippen LogP contribution in [-0.4, -0.2) is 34.0 Å². The number of rotatable bonds is 7. The molecule has 6 nitrogen and oxygen atoms in total. The van der Waals surface area contributed by atoms with Gasteiger partial charge in [-0.1, -0.05) is 36.4 Å². The van der Waals surface area contributed by atoms with E-state index in [-0.39, 0.29) is 18.0 Å². The first-order valence-electron chi connectivity index (χ1n) is 9.10. The van der Waals surface area contributed by atoms with Gasteiger partial charge in [0.05, 0.1) is 11.0 Å². The van der Waals surface area contributed by atoms with Crippen LogP contribution in [0.2, 0.25) is 0 Å². The van der Waals surface area contributed by atoms with E-state index >= 15 is 0 Å². The minimum absolute atomic E-state index is 0.0607. The van der Waals surface area contributed by atoms with E-state index in [1.54, 1.807) is 16.2 Å². The Labute approximate surface area is 159 Å². The van der Waals surface area contributed by atoms with Gasteiger partial charge in [-0.15, -0.1) is 0 Å². The second-order valence-electron chi connectivity index (χ2n) is 7.02. The van der Waals surface area contributed by atoms with Crippen molar-refractivity contribution in [2.45, 2.75) is 26.1 Å². The van der Waals surface area contributed by atoms with Crippen LogP contribution in [0.4, 0.5) is 0 Å². The molecule has 0 radical (unpaired) electrons. The molecule has 0 aliphatic rings. The molecule has 3 rings (SSSR count). The van der Waals surface area contributed by atoms with Crippen molar-refractivity contribution >= 4 is 16.9 Å². The lowest BCUT2D eigenvalue weighted by Crippen LogP contribution is -2.28. The number of imidazole rings is 1. The molecule has 2 aromatic carbocycles. The van der Waals surface area contributed by atoms with Gasteiger partial charge >= 0.3 is 5.69 Å². The van der Waals surface area contributed by atoms with Gasteiger partial charge in [0.2, 0.25) is 5.91 Å². The smallest absolute Gasteiger partial charge is 0.328 e. The van der Waals surface area contributed by atoms with Gasteiger partial charge in [-0.25, -0.2) is 4.79 Å². The summed E-state index contributed by atoms with van der Waals surface area (Å²) >= 11 is 0. The summed E-state index contributed by atoms with van der Waals surface area (Å²) in [7, 11) is 5.80. The first-order chi connectivity index (χ1) is 13.0. The Balaban J connectivity index is 1.63. The van der Waals surface area contributed by atoms with E-state index < -0.39 is 0 Å². The highest BCUT2D eigenvalue weighted by Gasteiger charge is 2.12. The first-order valence-corrected chi connectivity index (χ1v) is 9.10. The molecule has 1 heterocycles. The number of hydrogen-bond acceptors (Lipinski definition) is 3. The van der Waals surface area contributed by atoms with Crippen molar-refractivity contribution in [2.24, 2.45) is 7.05 Å². The number of nitrogens with zero attached hydrogens (tertiary/aromatic N) is 3. The van der Waals surface area contributed by atoms with Crippen LogP contribution in [0.25, 0.3) is 11.0 Å². The lowest BCUT2D eigenvalue weighted by Gasteiger charge is -2.14. The SMILES string of the molecule is CN(C)Cc1ccccc1CNC(=O)CCn1c(=O)n(C)c2ccccc21. The predicted octanol–water partition coefficient (Wildman–Crippen LogP) is 2.11. The highest BCUT2D eigenvalue weighted by atomic mass is 16.2. The molecule has 1 N–H and O–H groups in total. The number of amides is 1. The minimum atomic E-state index is -0.0969. The van der Waals surface area contributed by atoms with Gasteiger partial charge in [0.25, 0.3) is 0 Å². The Morgan fingerprint density at radius 3 is 2.33 bits per heavy atom. The zero-order chi connectivity index (χ0) is 19.4. The van der Waals surface area contributed by atoms with Crippen LogP contribution in [0, 0.1) is 0 Å². The maximum absolute atomic E-state index is 12.4. The fourth-order valence-electron chi connectivity index (χ4n) is 3.30. The van der Waals surface area contributed by atoms with Crippen LogP contribution in [0.15, 0.2) is 53.3 Å². The van der Waals surface area contributed by atoms with Crippen molar-refractivity contribution in [1.29, 1.82) is 0 Å². The fourth-order valence-corrected chi connectivity index (χ4v) is 3.30. The average molecular weight is 366 g/mol. The molecule has 1 amide bonds. The number of carbonyl (C=O) groups excluding carboxylic acids is 1. The van der Waals surface area contributed by atoms with Gasteiger partial charge in [-0.05, 0) is 37.4 Å². The van der Waals surface area contributed by atoms with Gasteiger partial charge in [0.1, 0.15) is 0 Å². The van der Waals surface area contributed by atoms with Gasteiger partial charge in [-0.3, -0.25) is 13.9 Å². The fraction of sp³-hybridized carbons (Fsp3) is 0.333. The van der Waals surface area contributed by atoms with Gasteiger partial charge in [0.15, 0.2) is 0 Å². The van der Waals surface area contributed by atoms with E-state index in [0.717, 1.165) is 23.1 Å². The Morgan fingerprint density at radius 2 is 1.63 bits per heavy atom. The molecular formula is C21H26N4O2. The zero-order valence-corrected chi connectivity index (χ0v) is 16.1. The van der Waals surface area contributed by atoms with E-state index in [1.807, 2.05) is 56.6 Å². The van der Waals surface area contributed by atoms with Crippen molar-refractivity contribution in [1.82, 2.24) is 19.4 Å². The Hall–Kier alpha value is -2.86. The molecule has 0 spiro atoms. The number of aryl methyl sites for hydroxylation is 2. The third kappa shape index (κ3) is 4.28. The molecular weight excluding hydrogens is 340 g/mol. The normalized spacial score (nSPS) is 11.3. The number of aromatic nitrogens is 2. The predicted molar refractivity (Wildman–Crippen MR) is 107 cm³/mol. The molecule has 0 aliphatic heterocycles. The lowest BCUT2D eigenvalue weighted by molar-refractivity contribution is -0.121. The summed E-state index contributed by atoms with van der Waals surface area (Å²) < 4.78 is 3.28. The maximum Gasteiger partial charge on any atom is 0.328 e. The van der Waals surface area contributed by atoms with E-state index in [9.17, 15) is 9.59 Å². The molecule has 0 atom stereocenters. The molecule has 0 aliphatic carbocycles. The van der Waals surface area contributed by atoms with Gasteiger partial charge in [-0.2, -0.15) is 0 Å². The van der Waals surface area contributed by atoms with Gasteiger partial charge < -0.3 is 10.2 Å². The van der Waals surface area contributed by atoms with Crippen molar-refractivity contribution in [3.63, 3.8) is 0 Å². The number of fused-ring (bicyclic) bond motifs is 1. The second kappa shape index (κ2) is 8.22. The summed E-state index contributed by atoms with van der Waals surface area (Å²) in [6, 6.07) is 15.7. The Morgan fingerprint density at radius 1 is 1.00 bits per heavy atom. The quantitative estimate of drug-likeness (QED) is 0.697. The van der Waals surface area contributed by atoms with Gasteiger partial charge in [0, 0.05) is 33.1 Å². The molecule has 6 heteroatoms. The molecule has 3 aromatic rings. The maximum atomic E-state index is 12.4. The number of nitrogens with one attached hydrogen (secondary N) is 1. The lowest BCUT2D eigenvalue weighted by atomic mass is 10.1. The van der Waals surface area contributed by atoms with E-state index in [2.05, 4.69) is 16.3 Å². The van der Waals surface area contributed by atoms with E-state index in [0.29, 0.717) is 13.1 Å². The van der Waals surface area contributed by atoms with E-state index in [1.165, 1.54) is 5.56 Å². The molecule has 0 bridgehead atoms. The van der Waals surface area contributed by atoms with Crippen LogP contribution >= 0.6 is 0 Å². The Bertz CT molecular complexity index is 1000.